The Morgan fingerprint density at radius 2 is 2.17 bits per heavy atom. The number of hydrogen-bond acceptors (Lipinski definition) is 3. The van der Waals surface area contributed by atoms with Crippen LogP contribution in [-0.2, 0) is 4.74 Å². The molecule has 1 aliphatic rings. The van der Waals surface area contributed by atoms with E-state index >= 15 is 0 Å². The normalized spacial score (nSPS) is 17.7. The van der Waals surface area contributed by atoms with E-state index in [-0.39, 0.29) is 12.0 Å². The van der Waals surface area contributed by atoms with E-state index in [1.807, 2.05) is 29.2 Å². The Balaban J connectivity index is 1.86. The number of ether oxygens (including phenoxy) is 2. The lowest BCUT2D eigenvalue weighted by Gasteiger charge is -2.17. The fraction of sp³-hybridized carbons (Fsp3) is 0.632. The SMILES string of the molecule is CCCOc1cccc(C(=O)N2CC[C@H](OCCC(C)C)C2)c1. The largest absolute Gasteiger partial charge is 0.494 e. The summed E-state index contributed by atoms with van der Waals surface area (Å²) in [6.07, 6.45) is 3.13. The standard InChI is InChI=1S/C19H29NO3/c1-4-11-22-17-7-5-6-16(13-17)19(21)20-10-8-18(14-20)23-12-9-15(2)3/h5-7,13,15,18H,4,8-12,14H2,1-3H3/t18-/m0/s1. The van der Waals surface area contributed by atoms with Gasteiger partial charge in [0.25, 0.3) is 5.91 Å². The molecule has 0 unspecified atom stereocenters. The molecule has 1 amide bonds. The summed E-state index contributed by atoms with van der Waals surface area (Å²) < 4.78 is 11.5. The van der Waals surface area contributed by atoms with Gasteiger partial charge in [-0.25, -0.2) is 0 Å². The van der Waals surface area contributed by atoms with Crippen LogP contribution in [0.15, 0.2) is 24.3 Å². The topological polar surface area (TPSA) is 38.8 Å². The molecule has 4 nitrogen and oxygen atoms in total. The lowest BCUT2D eigenvalue weighted by atomic mass is 10.1. The van der Waals surface area contributed by atoms with Crippen molar-refractivity contribution >= 4 is 5.91 Å². The maximum Gasteiger partial charge on any atom is 0.254 e. The average Bonchev–Trinajstić information content (AvgIpc) is 3.01. The number of carbonyl (C=O) groups excluding carboxylic acids is 1. The Morgan fingerprint density at radius 1 is 1.35 bits per heavy atom. The second kappa shape index (κ2) is 8.92. The van der Waals surface area contributed by atoms with Crippen LogP contribution in [0.25, 0.3) is 0 Å². The molecule has 1 fully saturated rings. The Morgan fingerprint density at radius 3 is 2.91 bits per heavy atom. The van der Waals surface area contributed by atoms with Crippen molar-refractivity contribution in [3.8, 4) is 5.75 Å². The number of benzene rings is 1. The summed E-state index contributed by atoms with van der Waals surface area (Å²) in [6, 6.07) is 7.47. The van der Waals surface area contributed by atoms with Crippen LogP contribution in [0.4, 0.5) is 0 Å². The van der Waals surface area contributed by atoms with Crippen LogP contribution >= 0.6 is 0 Å². The lowest BCUT2D eigenvalue weighted by molar-refractivity contribution is 0.0484. The molecule has 0 radical (unpaired) electrons. The van der Waals surface area contributed by atoms with Gasteiger partial charge in [-0.2, -0.15) is 0 Å². The lowest BCUT2D eigenvalue weighted by Crippen LogP contribution is -2.30. The molecule has 1 aliphatic heterocycles. The monoisotopic (exact) mass is 319 g/mol. The molecule has 1 atom stereocenters. The van der Waals surface area contributed by atoms with Gasteiger partial charge in [0.1, 0.15) is 5.75 Å². The fourth-order valence-corrected chi connectivity index (χ4v) is 2.64. The Bertz CT molecular complexity index is 501. The Hall–Kier alpha value is -1.55. The minimum atomic E-state index is 0.0712. The zero-order chi connectivity index (χ0) is 16.7. The number of hydrogen-bond donors (Lipinski definition) is 0. The first kappa shape index (κ1) is 17.8. The third kappa shape index (κ3) is 5.54. The number of nitrogens with zero attached hydrogens (tertiary/aromatic N) is 1. The molecule has 1 aromatic carbocycles. The Labute approximate surface area is 139 Å². The molecule has 2 rings (SSSR count). The molecule has 0 bridgehead atoms. The van der Waals surface area contributed by atoms with Gasteiger partial charge in [0.2, 0.25) is 0 Å². The first-order valence-corrected chi connectivity index (χ1v) is 8.74. The summed E-state index contributed by atoms with van der Waals surface area (Å²) in [4.78, 5) is 14.5. The van der Waals surface area contributed by atoms with Gasteiger partial charge in [0.15, 0.2) is 0 Å². The average molecular weight is 319 g/mol. The first-order valence-electron chi connectivity index (χ1n) is 8.74. The van der Waals surface area contributed by atoms with E-state index < -0.39 is 0 Å². The summed E-state index contributed by atoms with van der Waals surface area (Å²) in [5.74, 6) is 1.49. The molecule has 0 N–H and O–H groups in total. The number of amides is 1. The summed E-state index contributed by atoms with van der Waals surface area (Å²) in [7, 11) is 0. The maximum absolute atomic E-state index is 12.6. The van der Waals surface area contributed by atoms with E-state index in [9.17, 15) is 4.79 Å². The highest BCUT2D eigenvalue weighted by Gasteiger charge is 2.27. The van der Waals surface area contributed by atoms with Crippen molar-refractivity contribution < 1.29 is 14.3 Å². The highest BCUT2D eigenvalue weighted by Crippen LogP contribution is 2.19. The van der Waals surface area contributed by atoms with E-state index in [1.165, 1.54) is 0 Å². The van der Waals surface area contributed by atoms with E-state index in [0.717, 1.165) is 38.2 Å². The molecule has 1 saturated heterocycles. The van der Waals surface area contributed by atoms with E-state index in [1.54, 1.807) is 0 Å². The van der Waals surface area contributed by atoms with Crippen LogP contribution in [0.1, 0.15) is 50.4 Å². The van der Waals surface area contributed by atoms with Gasteiger partial charge in [-0.05, 0) is 43.4 Å². The summed E-state index contributed by atoms with van der Waals surface area (Å²) in [5, 5.41) is 0. The van der Waals surface area contributed by atoms with Crippen LogP contribution in [-0.4, -0.2) is 43.2 Å². The maximum atomic E-state index is 12.6. The van der Waals surface area contributed by atoms with Gasteiger partial charge in [-0.1, -0.05) is 26.8 Å². The van der Waals surface area contributed by atoms with Gasteiger partial charge < -0.3 is 14.4 Å². The van der Waals surface area contributed by atoms with Crippen LogP contribution in [0, 0.1) is 5.92 Å². The Kier molecular flexibility index (Phi) is 6.90. The van der Waals surface area contributed by atoms with Gasteiger partial charge in [0.05, 0.1) is 12.7 Å². The van der Waals surface area contributed by atoms with E-state index in [2.05, 4.69) is 20.8 Å². The van der Waals surface area contributed by atoms with E-state index in [4.69, 9.17) is 9.47 Å². The second-order valence-corrected chi connectivity index (χ2v) is 6.59. The molecule has 0 spiro atoms. The van der Waals surface area contributed by atoms with Gasteiger partial charge in [0, 0.05) is 25.3 Å². The molecule has 1 heterocycles. The number of rotatable bonds is 8. The molecular weight excluding hydrogens is 290 g/mol. The van der Waals surface area contributed by atoms with Crippen LogP contribution < -0.4 is 4.74 Å². The van der Waals surface area contributed by atoms with Gasteiger partial charge >= 0.3 is 0 Å². The van der Waals surface area contributed by atoms with Crippen molar-refractivity contribution in [2.75, 3.05) is 26.3 Å². The molecular formula is C19H29NO3. The van der Waals surface area contributed by atoms with Crippen molar-refractivity contribution in [2.45, 2.75) is 46.1 Å². The van der Waals surface area contributed by atoms with Crippen LogP contribution in [0.5, 0.6) is 5.75 Å². The van der Waals surface area contributed by atoms with Crippen molar-refractivity contribution in [1.82, 2.24) is 4.90 Å². The highest BCUT2D eigenvalue weighted by molar-refractivity contribution is 5.94. The van der Waals surface area contributed by atoms with E-state index in [0.29, 0.717) is 24.6 Å². The zero-order valence-corrected chi connectivity index (χ0v) is 14.6. The predicted octanol–water partition coefficient (Wildman–Crippen LogP) is 3.75. The summed E-state index contributed by atoms with van der Waals surface area (Å²) in [6.45, 7) is 9.38. The van der Waals surface area contributed by atoms with Crippen molar-refractivity contribution in [1.29, 1.82) is 0 Å². The fourth-order valence-electron chi connectivity index (χ4n) is 2.64. The third-order valence-electron chi connectivity index (χ3n) is 4.03. The summed E-state index contributed by atoms with van der Waals surface area (Å²) >= 11 is 0. The second-order valence-electron chi connectivity index (χ2n) is 6.59. The number of carbonyl (C=O) groups is 1. The molecule has 128 valence electrons. The minimum Gasteiger partial charge on any atom is -0.494 e. The molecule has 1 aromatic rings. The molecule has 0 aliphatic carbocycles. The van der Waals surface area contributed by atoms with Crippen LogP contribution in [0.3, 0.4) is 0 Å². The smallest absolute Gasteiger partial charge is 0.254 e. The van der Waals surface area contributed by atoms with Crippen LogP contribution in [0.2, 0.25) is 0 Å². The first-order chi connectivity index (χ1) is 11.1. The molecule has 0 aromatic heterocycles. The van der Waals surface area contributed by atoms with Gasteiger partial charge in [-0.15, -0.1) is 0 Å². The zero-order valence-electron chi connectivity index (χ0n) is 14.6. The van der Waals surface area contributed by atoms with Gasteiger partial charge in [-0.3, -0.25) is 4.79 Å². The van der Waals surface area contributed by atoms with Crippen molar-refractivity contribution in [3.63, 3.8) is 0 Å². The number of likely N-dealkylation sites (tertiary alicyclic amines) is 1. The summed E-state index contributed by atoms with van der Waals surface area (Å²) in [5.41, 5.74) is 0.696. The third-order valence-corrected chi connectivity index (χ3v) is 4.03. The highest BCUT2D eigenvalue weighted by atomic mass is 16.5. The molecule has 0 saturated carbocycles. The van der Waals surface area contributed by atoms with Crippen molar-refractivity contribution in [2.24, 2.45) is 5.92 Å². The molecule has 4 heteroatoms. The molecule has 23 heavy (non-hydrogen) atoms. The predicted molar refractivity (Wildman–Crippen MR) is 91.9 cm³/mol. The minimum absolute atomic E-state index is 0.0712. The quantitative estimate of drug-likeness (QED) is 0.732. The van der Waals surface area contributed by atoms with Crippen molar-refractivity contribution in [3.05, 3.63) is 29.8 Å².